The molecule has 4 aromatic rings. The summed E-state index contributed by atoms with van der Waals surface area (Å²) >= 11 is 13.9. The zero-order valence-corrected chi connectivity index (χ0v) is 17.0. The lowest BCUT2D eigenvalue weighted by Crippen LogP contribution is -2.18. The number of hydrazone groups is 1. The monoisotopic (exact) mass is 423 g/mol. The summed E-state index contributed by atoms with van der Waals surface area (Å²) < 4.78 is 1.06. The van der Waals surface area contributed by atoms with Gasteiger partial charge in [-0.1, -0.05) is 77.0 Å². The first kappa shape index (κ1) is 17.7. The highest BCUT2D eigenvalue weighted by Crippen LogP contribution is 2.40. The van der Waals surface area contributed by atoms with Crippen LogP contribution in [0.25, 0.3) is 10.2 Å². The van der Waals surface area contributed by atoms with Gasteiger partial charge in [-0.15, -0.1) is 0 Å². The number of benzene rings is 3. The van der Waals surface area contributed by atoms with Crippen molar-refractivity contribution in [3.8, 4) is 0 Å². The Hall–Kier alpha value is -2.40. The first-order valence-electron chi connectivity index (χ1n) is 8.91. The first-order chi connectivity index (χ1) is 13.7. The third kappa shape index (κ3) is 3.28. The van der Waals surface area contributed by atoms with E-state index < -0.39 is 0 Å². The fraction of sp³-hybridized carbons (Fsp3) is 0.0909. The van der Waals surface area contributed by atoms with Crippen LogP contribution in [0.1, 0.15) is 23.6 Å². The van der Waals surface area contributed by atoms with Gasteiger partial charge < -0.3 is 0 Å². The molecule has 0 saturated carbocycles. The summed E-state index contributed by atoms with van der Waals surface area (Å²) in [5.41, 5.74) is 4.28. The molecule has 2 heterocycles. The number of hydrogen-bond acceptors (Lipinski definition) is 4. The second-order valence-electron chi connectivity index (χ2n) is 6.64. The van der Waals surface area contributed by atoms with E-state index in [1.807, 2.05) is 53.5 Å². The summed E-state index contributed by atoms with van der Waals surface area (Å²) in [6.07, 6.45) is 0.808. The van der Waals surface area contributed by atoms with Crippen LogP contribution in [0, 0.1) is 0 Å². The Morgan fingerprint density at radius 2 is 1.64 bits per heavy atom. The summed E-state index contributed by atoms with van der Waals surface area (Å²) in [6, 6.07) is 24.1. The third-order valence-corrected chi connectivity index (χ3v) is 6.30. The van der Waals surface area contributed by atoms with E-state index >= 15 is 0 Å². The lowest BCUT2D eigenvalue weighted by Gasteiger charge is -2.21. The van der Waals surface area contributed by atoms with Crippen LogP contribution in [0.4, 0.5) is 5.13 Å². The van der Waals surface area contributed by atoms with Gasteiger partial charge in [0, 0.05) is 16.5 Å². The Labute approximate surface area is 176 Å². The Morgan fingerprint density at radius 1 is 0.893 bits per heavy atom. The van der Waals surface area contributed by atoms with Crippen LogP contribution in [0.3, 0.4) is 0 Å². The molecule has 0 aliphatic carbocycles. The summed E-state index contributed by atoms with van der Waals surface area (Å²) in [5.74, 6) is 0. The van der Waals surface area contributed by atoms with Crippen molar-refractivity contribution < 1.29 is 0 Å². The van der Waals surface area contributed by atoms with Crippen LogP contribution in [0.2, 0.25) is 10.0 Å². The maximum absolute atomic E-state index is 6.16. The normalized spacial score (nSPS) is 16.6. The SMILES string of the molecule is Clc1ccc(C2CC(c3ccccc3)=NN2c2nc3ccc(Cl)cc3s2)cc1. The molecule has 0 saturated heterocycles. The highest BCUT2D eigenvalue weighted by atomic mass is 35.5. The quantitative estimate of drug-likeness (QED) is 0.356. The van der Waals surface area contributed by atoms with Gasteiger partial charge in [0.25, 0.3) is 0 Å². The molecule has 28 heavy (non-hydrogen) atoms. The molecule has 0 fully saturated rings. The Balaban J connectivity index is 1.60. The molecule has 138 valence electrons. The largest absolute Gasteiger partial charge is 0.231 e. The molecule has 3 aromatic carbocycles. The fourth-order valence-corrected chi connectivity index (χ4v) is 4.79. The van der Waals surface area contributed by atoms with Gasteiger partial charge in [-0.25, -0.2) is 9.99 Å². The van der Waals surface area contributed by atoms with Crippen molar-refractivity contribution in [1.29, 1.82) is 0 Å². The molecule has 1 aliphatic rings. The Bertz CT molecular complexity index is 1170. The predicted molar refractivity (Wildman–Crippen MR) is 119 cm³/mol. The molecule has 0 bridgehead atoms. The molecule has 0 spiro atoms. The first-order valence-corrected chi connectivity index (χ1v) is 10.5. The van der Waals surface area contributed by atoms with Crippen molar-refractivity contribution in [3.63, 3.8) is 0 Å². The van der Waals surface area contributed by atoms with Crippen LogP contribution < -0.4 is 5.01 Å². The van der Waals surface area contributed by atoms with Gasteiger partial charge in [0.05, 0.1) is 22.0 Å². The lowest BCUT2D eigenvalue weighted by atomic mass is 9.99. The molecule has 5 rings (SSSR count). The number of thiazole rings is 1. The lowest BCUT2D eigenvalue weighted by molar-refractivity contribution is 0.707. The molecule has 6 heteroatoms. The topological polar surface area (TPSA) is 28.5 Å². The van der Waals surface area contributed by atoms with Crippen molar-refractivity contribution in [3.05, 3.63) is 94.0 Å². The van der Waals surface area contributed by atoms with Gasteiger partial charge in [-0.05, 0) is 41.5 Å². The second-order valence-corrected chi connectivity index (χ2v) is 8.52. The van der Waals surface area contributed by atoms with Crippen LogP contribution >= 0.6 is 34.5 Å². The van der Waals surface area contributed by atoms with Crippen LogP contribution in [0.5, 0.6) is 0 Å². The van der Waals surface area contributed by atoms with Gasteiger partial charge in [0.15, 0.2) is 0 Å². The van der Waals surface area contributed by atoms with Gasteiger partial charge in [0.2, 0.25) is 5.13 Å². The second kappa shape index (κ2) is 7.21. The molecule has 0 N–H and O–H groups in total. The van der Waals surface area contributed by atoms with E-state index in [4.69, 9.17) is 33.3 Å². The van der Waals surface area contributed by atoms with E-state index in [9.17, 15) is 0 Å². The average Bonchev–Trinajstić information content (AvgIpc) is 3.33. The number of nitrogens with zero attached hydrogens (tertiary/aromatic N) is 3. The Morgan fingerprint density at radius 3 is 2.43 bits per heavy atom. The summed E-state index contributed by atoms with van der Waals surface area (Å²) in [7, 11) is 0. The number of rotatable bonds is 3. The number of halogens is 2. The van der Waals surface area contributed by atoms with Crippen molar-refractivity contribution >= 4 is 55.6 Å². The number of hydrogen-bond donors (Lipinski definition) is 0. The van der Waals surface area contributed by atoms with E-state index in [-0.39, 0.29) is 6.04 Å². The van der Waals surface area contributed by atoms with E-state index in [1.54, 1.807) is 11.3 Å². The molecule has 1 unspecified atom stereocenters. The molecule has 0 amide bonds. The van der Waals surface area contributed by atoms with Gasteiger partial charge >= 0.3 is 0 Å². The Kier molecular flexibility index (Phi) is 4.55. The van der Waals surface area contributed by atoms with Crippen LogP contribution in [-0.4, -0.2) is 10.7 Å². The summed E-state index contributed by atoms with van der Waals surface area (Å²) in [6.45, 7) is 0. The minimum absolute atomic E-state index is 0.0727. The minimum atomic E-state index is 0.0727. The molecule has 1 aromatic heterocycles. The molecular weight excluding hydrogens is 409 g/mol. The van der Waals surface area contributed by atoms with Crippen molar-refractivity contribution in [1.82, 2.24) is 4.98 Å². The molecule has 1 aliphatic heterocycles. The van der Waals surface area contributed by atoms with Crippen LogP contribution in [0.15, 0.2) is 77.9 Å². The van der Waals surface area contributed by atoms with E-state index in [0.717, 1.165) is 43.6 Å². The van der Waals surface area contributed by atoms with Crippen molar-refractivity contribution in [2.75, 3.05) is 5.01 Å². The number of fused-ring (bicyclic) bond motifs is 1. The van der Waals surface area contributed by atoms with E-state index in [2.05, 4.69) is 24.3 Å². The predicted octanol–water partition coefficient (Wildman–Crippen LogP) is 6.96. The zero-order valence-electron chi connectivity index (χ0n) is 14.7. The molecule has 0 radical (unpaired) electrons. The zero-order chi connectivity index (χ0) is 19.1. The van der Waals surface area contributed by atoms with Crippen molar-refractivity contribution in [2.45, 2.75) is 12.5 Å². The number of aromatic nitrogens is 1. The van der Waals surface area contributed by atoms with Gasteiger partial charge in [-0.3, -0.25) is 0 Å². The van der Waals surface area contributed by atoms with Crippen LogP contribution in [-0.2, 0) is 0 Å². The molecule has 1 atom stereocenters. The average molecular weight is 424 g/mol. The smallest absolute Gasteiger partial charge is 0.207 e. The van der Waals surface area contributed by atoms with Gasteiger partial charge in [-0.2, -0.15) is 5.10 Å². The standard InChI is InChI=1S/C22H15Cl2N3S/c23-16-8-6-15(7-9-16)20-13-19(14-4-2-1-3-5-14)26-27(20)22-25-18-11-10-17(24)12-21(18)28-22/h1-12,20H,13H2. The molecular formula is C22H15Cl2N3S. The maximum Gasteiger partial charge on any atom is 0.207 e. The highest BCUT2D eigenvalue weighted by Gasteiger charge is 2.31. The maximum atomic E-state index is 6.16. The van der Waals surface area contributed by atoms with Crippen molar-refractivity contribution in [2.24, 2.45) is 5.10 Å². The minimum Gasteiger partial charge on any atom is -0.231 e. The summed E-state index contributed by atoms with van der Waals surface area (Å²) in [4.78, 5) is 4.81. The van der Waals surface area contributed by atoms with Gasteiger partial charge in [0.1, 0.15) is 0 Å². The molecule has 3 nitrogen and oxygen atoms in total. The van der Waals surface area contributed by atoms with E-state index in [0.29, 0.717) is 5.02 Å². The highest BCUT2D eigenvalue weighted by molar-refractivity contribution is 7.22. The third-order valence-electron chi connectivity index (χ3n) is 4.81. The summed E-state index contributed by atoms with van der Waals surface area (Å²) in [5, 5.41) is 9.30. The fourth-order valence-electron chi connectivity index (χ4n) is 3.42. The number of anilines is 1. The van der Waals surface area contributed by atoms with E-state index in [1.165, 1.54) is 0 Å².